The zero-order valence-corrected chi connectivity index (χ0v) is 13.8. The Morgan fingerprint density at radius 1 is 1.14 bits per heavy atom. The van der Waals surface area contributed by atoms with Gasteiger partial charge >= 0.3 is 0 Å². The molecule has 3 heteroatoms. The first-order valence-corrected chi connectivity index (χ1v) is 7.49. The largest absolute Gasteiger partial charge is 0.497 e. The van der Waals surface area contributed by atoms with Crippen molar-refractivity contribution in [2.45, 2.75) is 26.3 Å². The first kappa shape index (κ1) is 15.9. The molecule has 0 spiro atoms. The highest BCUT2D eigenvalue weighted by Gasteiger charge is 2.15. The molecule has 0 amide bonds. The molecular weight excluding hydrogens is 282 g/mol. The van der Waals surface area contributed by atoms with Gasteiger partial charge in [0.15, 0.2) is 0 Å². The highest BCUT2D eigenvalue weighted by atomic mass is 35.5. The standard InChI is InChI=1S/C18H22ClNO/c1-12-8-16(17(19)9-13(12)2)18(20-3)11-14-6-5-7-15(10-14)21-4/h5-10,18,20H,11H2,1-4H3. The van der Waals surface area contributed by atoms with Crippen molar-refractivity contribution in [1.29, 1.82) is 0 Å². The van der Waals surface area contributed by atoms with E-state index in [0.717, 1.165) is 22.8 Å². The molecule has 2 rings (SSSR count). The molecule has 0 fully saturated rings. The lowest BCUT2D eigenvalue weighted by molar-refractivity contribution is 0.414. The van der Waals surface area contributed by atoms with E-state index in [0.29, 0.717) is 0 Å². The number of rotatable bonds is 5. The van der Waals surface area contributed by atoms with E-state index < -0.39 is 0 Å². The highest BCUT2D eigenvalue weighted by Crippen LogP contribution is 2.29. The van der Waals surface area contributed by atoms with Crippen molar-refractivity contribution in [1.82, 2.24) is 5.32 Å². The van der Waals surface area contributed by atoms with Crippen LogP contribution >= 0.6 is 11.6 Å². The summed E-state index contributed by atoms with van der Waals surface area (Å²) in [6.45, 7) is 4.20. The Labute approximate surface area is 132 Å². The average molecular weight is 304 g/mol. The van der Waals surface area contributed by atoms with Crippen LogP contribution in [0, 0.1) is 13.8 Å². The first-order chi connectivity index (χ1) is 10.0. The van der Waals surface area contributed by atoms with E-state index in [1.54, 1.807) is 7.11 Å². The van der Waals surface area contributed by atoms with E-state index in [9.17, 15) is 0 Å². The van der Waals surface area contributed by atoms with E-state index in [2.05, 4.69) is 37.4 Å². The summed E-state index contributed by atoms with van der Waals surface area (Å²) in [5, 5.41) is 4.19. The Morgan fingerprint density at radius 2 is 1.86 bits per heavy atom. The second kappa shape index (κ2) is 6.97. The zero-order valence-electron chi connectivity index (χ0n) is 13.0. The minimum absolute atomic E-state index is 0.184. The summed E-state index contributed by atoms with van der Waals surface area (Å²) in [7, 11) is 3.66. The minimum Gasteiger partial charge on any atom is -0.497 e. The van der Waals surface area contributed by atoms with Crippen LogP contribution in [0.15, 0.2) is 36.4 Å². The number of methoxy groups -OCH3 is 1. The number of nitrogens with one attached hydrogen (secondary N) is 1. The molecule has 0 radical (unpaired) electrons. The van der Waals surface area contributed by atoms with Crippen molar-refractivity contribution in [2.24, 2.45) is 0 Å². The summed E-state index contributed by atoms with van der Waals surface area (Å²) in [4.78, 5) is 0. The third-order valence-electron chi connectivity index (χ3n) is 3.91. The van der Waals surface area contributed by atoms with Gasteiger partial charge in [-0.25, -0.2) is 0 Å². The third kappa shape index (κ3) is 3.78. The smallest absolute Gasteiger partial charge is 0.119 e. The molecule has 0 aromatic heterocycles. The Morgan fingerprint density at radius 3 is 2.52 bits per heavy atom. The topological polar surface area (TPSA) is 21.3 Å². The molecular formula is C18H22ClNO. The van der Waals surface area contributed by atoms with Gasteiger partial charge in [-0.3, -0.25) is 0 Å². The molecule has 0 aliphatic carbocycles. The molecule has 2 aromatic carbocycles. The van der Waals surface area contributed by atoms with Crippen LogP contribution in [0.1, 0.15) is 28.3 Å². The number of ether oxygens (including phenoxy) is 1. The molecule has 1 atom stereocenters. The third-order valence-corrected chi connectivity index (χ3v) is 4.24. The molecule has 0 bridgehead atoms. The SMILES string of the molecule is CNC(Cc1cccc(OC)c1)c1cc(C)c(C)cc1Cl. The van der Waals surface area contributed by atoms with Gasteiger partial charge in [-0.2, -0.15) is 0 Å². The van der Waals surface area contributed by atoms with Crippen molar-refractivity contribution < 1.29 is 4.74 Å². The molecule has 112 valence electrons. The molecule has 21 heavy (non-hydrogen) atoms. The monoisotopic (exact) mass is 303 g/mol. The quantitative estimate of drug-likeness (QED) is 0.880. The lowest BCUT2D eigenvalue weighted by Crippen LogP contribution is -2.19. The highest BCUT2D eigenvalue weighted by molar-refractivity contribution is 6.31. The Hall–Kier alpha value is -1.51. The van der Waals surface area contributed by atoms with Crippen LogP contribution in [0.4, 0.5) is 0 Å². The molecule has 0 aliphatic heterocycles. The number of halogens is 1. The summed E-state index contributed by atoms with van der Waals surface area (Å²) in [6, 6.07) is 12.6. The van der Waals surface area contributed by atoms with Gasteiger partial charge in [0.1, 0.15) is 5.75 Å². The van der Waals surface area contributed by atoms with Crippen molar-refractivity contribution in [3.63, 3.8) is 0 Å². The lowest BCUT2D eigenvalue weighted by Gasteiger charge is -2.20. The predicted octanol–water partition coefficient (Wildman–Crippen LogP) is 4.47. The molecule has 1 unspecified atom stereocenters. The maximum atomic E-state index is 6.44. The molecule has 2 nitrogen and oxygen atoms in total. The molecule has 0 heterocycles. The second-order valence-electron chi connectivity index (χ2n) is 5.35. The van der Waals surface area contributed by atoms with Crippen LogP contribution in [0.3, 0.4) is 0 Å². The van der Waals surface area contributed by atoms with Crippen LogP contribution in [0.5, 0.6) is 5.75 Å². The van der Waals surface area contributed by atoms with Crippen LogP contribution in [-0.4, -0.2) is 14.2 Å². The maximum absolute atomic E-state index is 6.44. The van der Waals surface area contributed by atoms with Crippen LogP contribution in [-0.2, 0) is 6.42 Å². The zero-order chi connectivity index (χ0) is 15.4. The van der Waals surface area contributed by atoms with Gasteiger partial charge in [0.25, 0.3) is 0 Å². The van der Waals surface area contributed by atoms with Gasteiger partial charge < -0.3 is 10.1 Å². The van der Waals surface area contributed by atoms with Gasteiger partial charge in [0.2, 0.25) is 0 Å². The normalized spacial score (nSPS) is 12.2. The van der Waals surface area contributed by atoms with Crippen molar-refractivity contribution >= 4 is 11.6 Å². The van der Waals surface area contributed by atoms with E-state index in [4.69, 9.17) is 16.3 Å². The van der Waals surface area contributed by atoms with Crippen molar-refractivity contribution in [3.05, 3.63) is 63.7 Å². The molecule has 2 aromatic rings. The fourth-order valence-electron chi connectivity index (χ4n) is 2.47. The second-order valence-corrected chi connectivity index (χ2v) is 5.76. The fraction of sp³-hybridized carbons (Fsp3) is 0.333. The summed E-state index contributed by atoms with van der Waals surface area (Å²) >= 11 is 6.44. The Kier molecular flexibility index (Phi) is 5.27. The number of likely N-dealkylation sites (N-methyl/N-ethyl adjacent to an activating group) is 1. The molecule has 0 saturated carbocycles. The minimum atomic E-state index is 0.184. The van der Waals surface area contributed by atoms with Gasteiger partial charge in [0.05, 0.1) is 7.11 Å². The van der Waals surface area contributed by atoms with Crippen molar-refractivity contribution in [3.8, 4) is 5.75 Å². The Balaban J connectivity index is 2.29. The molecule has 0 saturated heterocycles. The van der Waals surface area contributed by atoms with Crippen molar-refractivity contribution in [2.75, 3.05) is 14.2 Å². The van der Waals surface area contributed by atoms with E-state index >= 15 is 0 Å². The van der Waals surface area contributed by atoms with Gasteiger partial charge in [-0.15, -0.1) is 0 Å². The summed E-state index contributed by atoms with van der Waals surface area (Å²) in [6.07, 6.45) is 0.871. The predicted molar refractivity (Wildman–Crippen MR) is 89.4 cm³/mol. The Bertz CT molecular complexity index is 625. The van der Waals surface area contributed by atoms with E-state index in [1.807, 2.05) is 25.2 Å². The van der Waals surface area contributed by atoms with Gasteiger partial charge in [-0.1, -0.05) is 29.8 Å². The van der Waals surface area contributed by atoms with E-state index in [1.165, 1.54) is 16.7 Å². The van der Waals surface area contributed by atoms with E-state index in [-0.39, 0.29) is 6.04 Å². The molecule has 1 N–H and O–H groups in total. The van der Waals surface area contributed by atoms with Crippen LogP contribution in [0.2, 0.25) is 5.02 Å². The summed E-state index contributed by atoms with van der Waals surface area (Å²) in [5.74, 6) is 0.883. The number of hydrogen-bond donors (Lipinski definition) is 1. The number of benzene rings is 2. The fourth-order valence-corrected chi connectivity index (χ4v) is 2.82. The summed E-state index contributed by atoms with van der Waals surface area (Å²) in [5.41, 5.74) is 4.85. The molecule has 0 aliphatic rings. The van der Waals surface area contributed by atoms with Gasteiger partial charge in [-0.05, 0) is 67.8 Å². The van der Waals surface area contributed by atoms with Crippen LogP contribution in [0.25, 0.3) is 0 Å². The average Bonchev–Trinajstić information content (AvgIpc) is 2.49. The first-order valence-electron chi connectivity index (χ1n) is 7.12. The number of aryl methyl sites for hydroxylation is 2. The van der Waals surface area contributed by atoms with Gasteiger partial charge in [0, 0.05) is 11.1 Å². The lowest BCUT2D eigenvalue weighted by atomic mass is 9.96. The maximum Gasteiger partial charge on any atom is 0.119 e. The summed E-state index contributed by atoms with van der Waals surface area (Å²) < 4.78 is 5.29. The van der Waals surface area contributed by atoms with Crippen LogP contribution < -0.4 is 10.1 Å². The number of hydrogen-bond acceptors (Lipinski definition) is 2.